The van der Waals surface area contributed by atoms with Crippen LogP contribution in [0.5, 0.6) is 0 Å². The molecule has 10 heteroatoms. The van der Waals surface area contributed by atoms with Crippen molar-refractivity contribution in [2.75, 3.05) is 32.4 Å². The third kappa shape index (κ3) is 7.49. The number of thioether (sulfide) groups is 1. The molecule has 1 aliphatic heterocycles. The van der Waals surface area contributed by atoms with E-state index in [-0.39, 0.29) is 24.2 Å². The molecule has 0 bridgehead atoms. The van der Waals surface area contributed by atoms with E-state index < -0.39 is 17.3 Å². The first kappa shape index (κ1) is 30.8. The van der Waals surface area contributed by atoms with Crippen LogP contribution in [0.1, 0.15) is 35.0 Å². The van der Waals surface area contributed by atoms with Crippen LogP contribution in [0.4, 0.5) is 8.78 Å². The molecule has 7 nitrogen and oxygen atoms in total. The van der Waals surface area contributed by atoms with Gasteiger partial charge >= 0.3 is 5.69 Å². The largest absolute Gasteiger partial charge is 0.331 e. The Kier molecular flexibility index (Phi) is 10.2. The van der Waals surface area contributed by atoms with Crippen LogP contribution in [0.25, 0.3) is 0 Å². The molecule has 43 heavy (non-hydrogen) atoms. The van der Waals surface area contributed by atoms with Crippen LogP contribution in [0.2, 0.25) is 0 Å². The van der Waals surface area contributed by atoms with Gasteiger partial charge in [0.25, 0.3) is 5.56 Å². The molecular weight excluding hydrogens is 568 g/mol. The molecule has 0 unspecified atom stereocenters. The number of nitrogens with zero attached hydrogens (tertiary/aromatic N) is 5. The number of rotatable bonds is 12. The first-order chi connectivity index (χ1) is 20.8. The lowest BCUT2D eigenvalue weighted by Gasteiger charge is -2.31. The molecule has 0 fully saturated rings. The van der Waals surface area contributed by atoms with Crippen LogP contribution >= 0.6 is 11.8 Å². The Morgan fingerprint density at radius 3 is 2.40 bits per heavy atom. The summed E-state index contributed by atoms with van der Waals surface area (Å²) in [5, 5.41) is 0. The zero-order chi connectivity index (χ0) is 30.3. The molecule has 226 valence electrons. The van der Waals surface area contributed by atoms with Crippen LogP contribution in [0.15, 0.2) is 81.3 Å². The summed E-state index contributed by atoms with van der Waals surface area (Å²) < 4.78 is 32.0. The fourth-order valence-electron chi connectivity index (χ4n) is 5.50. The van der Waals surface area contributed by atoms with Crippen molar-refractivity contribution in [1.82, 2.24) is 23.9 Å². The monoisotopic (exact) mass is 605 g/mol. The predicted molar refractivity (Wildman–Crippen MR) is 167 cm³/mol. The quantitative estimate of drug-likeness (QED) is 0.221. The van der Waals surface area contributed by atoms with E-state index in [2.05, 4.69) is 41.1 Å². The molecule has 5 rings (SSSR count). The van der Waals surface area contributed by atoms with E-state index in [1.807, 2.05) is 30.1 Å². The van der Waals surface area contributed by atoms with E-state index >= 15 is 0 Å². The Balaban J connectivity index is 1.41. The SMILES string of the molecule is CCSc1ccc(CN2CCc3c(c(=O)n(CCN(C)CCc4ccccn4)c(=O)n3Cc3c(F)cccc3F)C2)cc1. The Morgan fingerprint density at radius 1 is 0.930 bits per heavy atom. The predicted octanol–water partition coefficient (Wildman–Crippen LogP) is 4.58. The summed E-state index contributed by atoms with van der Waals surface area (Å²) in [5.41, 5.74) is 2.12. The summed E-state index contributed by atoms with van der Waals surface area (Å²) in [6.07, 6.45) is 2.93. The van der Waals surface area contributed by atoms with E-state index in [0.29, 0.717) is 50.4 Å². The summed E-state index contributed by atoms with van der Waals surface area (Å²) in [7, 11) is 1.94. The van der Waals surface area contributed by atoms with Crippen molar-refractivity contribution in [2.24, 2.45) is 0 Å². The highest BCUT2D eigenvalue weighted by Gasteiger charge is 2.26. The van der Waals surface area contributed by atoms with E-state index in [1.165, 1.54) is 32.2 Å². The van der Waals surface area contributed by atoms with Gasteiger partial charge in [0.15, 0.2) is 0 Å². The summed E-state index contributed by atoms with van der Waals surface area (Å²) in [5.74, 6) is -0.419. The van der Waals surface area contributed by atoms with E-state index in [0.717, 1.165) is 23.4 Å². The fourth-order valence-corrected chi connectivity index (χ4v) is 6.16. The van der Waals surface area contributed by atoms with Crippen molar-refractivity contribution in [3.05, 3.63) is 127 Å². The number of halogens is 2. The smallest absolute Gasteiger partial charge is 0.304 e. The average Bonchev–Trinajstić information content (AvgIpc) is 3.01. The zero-order valence-electron chi connectivity index (χ0n) is 24.6. The van der Waals surface area contributed by atoms with E-state index in [9.17, 15) is 18.4 Å². The van der Waals surface area contributed by atoms with Gasteiger partial charge in [0.2, 0.25) is 0 Å². The second kappa shape index (κ2) is 14.2. The highest BCUT2D eigenvalue weighted by Crippen LogP contribution is 2.22. The molecule has 0 saturated heterocycles. The summed E-state index contributed by atoms with van der Waals surface area (Å²) in [4.78, 5) is 37.4. The second-order valence-corrected chi connectivity index (χ2v) is 12.2. The van der Waals surface area contributed by atoms with Crippen molar-refractivity contribution in [3.63, 3.8) is 0 Å². The average molecular weight is 606 g/mol. The Morgan fingerprint density at radius 2 is 1.70 bits per heavy atom. The maximum absolute atomic E-state index is 14.7. The lowest BCUT2D eigenvalue weighted by molar-refractivity contribution is 0.235. The topological polar surface area (TPSA) is 63.4 Å². The molecule has 0 radical (unpaired) electrons. The van der Waals surface area contributed by atoms with Crippen molar-refractivity contribution in [3.8, 4) is 0 Å². The van der Waals surface area contributed by atoms with Crippen LogP contribution in [-0.4, -0.2) is 56.4 Å². The molecule has 4 aromatic rings. The molecule has 0 aliphatic carbocycles. The number of aromatic nitrogens is 3. The zero-order valence-corrected chi connectivity index (χ0v) is 25.5. The molecule has 0 atom stereocenters. The third-order valence-electron chi connectivity index (χ3n) is 7.89. The third-order valence-corrected chi connectivity index (χ3v) is 8.78. The van der Waals surface area contributed by atoms with Gasteiger partial charge in [0.05, 0.1) is 12.1 Å². The van der Waals surface area contributed by atoms with Gasteiger partial charge in [0.1, 0.15) is 11.6 Å². The summed E-state index contributed by atoms with van der Waals surface area (Å²) in [6, 6.07) is 17.9. The van der Waals surface area contributed by atoms with Gasteiger partial charge in [-0.25, -0.2) is 13.6 Å². The van der Waals surface area contributed by atoms with Crippen molar-refractivity contribution in [2.45, 2.75) is 50.8 Å². The highest BCUT2D eigenvalue weighted by molar-refractivity contribution is 7.99. The number of likely N-dealkylation sites (N-methyl/N-ethyl adjacent to an activating group) is 1. The van der Waals surface area contributed by atoms with Gasteiger partial charge in [-0.2, -0.15) is 0 Å². The summed E-state index contributed by atoms with van der Waals surface area (Å²) >= 11 is 1.79. The highest BCUT2D eigenvalue weighted by atomic mass is 32.2. The van der Waals surface area contributed by atoms with Crippen LogP contribution in [0, 0.1) is 11.6 Å². The van der Waals surface area contributed by atoms with Gasteiger partial charge in [-0.3, -0.25) is 23.8 Å². The molecule has 0 amide bonds. The lowest BCUT2D eigenvalue weighted by atomic mass is 10.0. The lowest BCUT2D eigenvalue weighted by Crippen LogP contribution is -2.49. The molecule has 0 N–H and O–H groups in total. The molecule has 3 heterocycles. The summed E-state index contributed by atoms with van der Waals surface area (Å²) in [6.45, 7) is 4.82. The Labute approximate surface area is 254 Å². The molecular formula is C33H37F2N5O2S. The van der Waals surface area contributed by atoms with Gasteiger partial charge in [-0.05, 0) is 54.8 Å². The van der Waals surface area contributed by atoms with Crippen molar-refractivity contribution >= 4 is 11.8 Å². The number of benzene rings is 2. The molecule has 2 aromatic carbocycles. The number of hydrogen-bond donors (Lipinski definition) is 0. The van der Waals surface area contributed by atoms with Gasteiger partial charge in [-0.1, -0.05) is 31.2 Å². The van der Waals surface area contributed by atoms with Gasteiger partial charge < -0.3 is 4.90 Å². The Hall–Kier alpha value is -3.60. The van der Waals surface area contributed by atoms with Crippen LogP contribution < -0.4 is 11.2 Å². The van der Waals surface area contributed by atoms with Crippen molar-refractivity contribution in [1.29, 1.82) is 0 Å². The van der Waals surface area contributed by atoms with E-state index in [1.54, 1.807) is 18.0 Å². The minimum atomic E-state index is -0.713. The minimum Gasteiger partial charge on any atom is -0.304 e. The van der Waals surface area contributed by atoms with Crippen LogP contribution in [-0.2, 0) is 39.0 Å². The molecule has 2 aromatic heterocycles. The fraction of sp³-hybridized carbons (Fsp3) is 0.364. The first-order valence-corrected chi connectivity index (χ1v) is 15.6. The number of hydrogen-bond acceptors (Lipinski definition) is 6. The number of pyridine rings is 1. The molecule has 0 saturated carbocycles. The van der Waals surface area contributed by atoms with Crippen LogP contribution in [0.3, 0.4) is 0 Å². The second-order valence-electron chi connectivity index (χ2n) is 10.9. The minimum absolute atomic E-state index is 0.167. The maximum atomic E-state index is 14.7. The number of fused-ring (bicyclic) bond motifs is 1. The van der Waals surface area contributed by atoms with Gasteiger partial charge in [0, 0.05) is 80.2 Å². The van der Waals surface area contributed by atoms with E-state index in [4.69, 9.17) is 0 Å². The Bertz CT molecular complexity index is 1640. The molecule has 1 aliphatic rings. The normalized spacial score (nSPS) is 13.4. The maximum Gasteiger partial charge on any atom is 0.331 e. The van der Waals surface area contributed by atoms with Crippen molar-refractivity contribution < 1.29 is 8.78 Å². The first-order valence-electron chi connectivity index (χ1n) is 14.6. The standard InChI is InChI=1S/C33H37F2N5O2S/c1-3-43-26-12-10-24(11-13-26)21-38-18-15-31-28(22-38)32(41)39(20-19-37(2)17-14-25-7-4-5-16-36-25)33(42)40(31)23-27-29(34)8-6-9-30(27)35/h4-13,16H,3,14-15,17-23H2,1-2H3. The van der Waals surface area contributed by atoms with Gasteiger partial charge in [-0.15, -0.1) is 11.8 Å². The molecule has 0 spiro atoms.